The van der Waals surface area contributed by atoms with Crippen molar-refractivity contribution in [3.05, 3.63) is 11.8 Å². The number of methoxy groups -OCH3 is 1. The van der Waals surface area contributed by atoms with Crippen LogP contribution in [-0.2, 0) is 4.74 Å². The van der Waals surface area contributed by atoms with Gasteiger partial charge in [0, 0.05) is 20.4 Å². The van der Waals surface area contributed by atoms with Crippen molar-refractivity contribution >= 4 is 0 Å². The number of rotatable bonds is 2. The molecule has 1 unspecified atom stereocenters. The minimum Gasteiger partial charge on any atom is -0.361 e. The van der Waals surface area contributed by atoms with Crippen LogP contribution in [0.1, 0.15) is 27.7 Å². The van der Waals surface area contributed by atoms with Gasteiger partial charge in [0.25, 0.3) is 0 Å². The van der Waals surface area contributed by atoms with Gasteiger partial charge >= 0.3 is 0 Å². The van der Waals surface area contributed by atoms with Crippen molar-refractivity contribution in [2.75, 3.05) is 14.2 Å². The highest BCUT2D eigenvalue weighted by atomic mass is 16.5. The van der Waals surface area contributed by atoms with E-state index in [1.54, 1.807) is 7.11 Å². The van der Waals surface area contributed by atoms with E-state index >= 15 is 0 Å². The lowest BCUT2D eigenvalue weighted by molar-refractivity contribution is 0.0695. The van der Waals surface area contributed by atoms with Crippen LogP contribution in [0.15, 0.2) is 11.8 Å². The average molecular weight is 186 g/mol. The largest absolute Gasteiger partial charge is 0.361 e. The van der Waals surface area contributed by atoms with Crippen molar-refractivity contribution in [2.24, 2.45) is 5.92 Å². The van der Waals surface area contributed by atoms with E-state index in [0.717, 1.165) is 0 Å². The predicted molar refractivity (Wildman–Crippen MR) is 56.0 cm³/mol. The Hall–Kier alpha value is -0.540. The van der Waals surface area contributed by atoms with Crippen LogP contribution in [0.25, 0.3) is 0 Å². The summed E-state index contributed by atoms with van der Waals surface area (Å²) in [6.07, 6.45) is 2.15. The second-order valence-corrected chi connectivity index (χ2v) is 3.14. The smallest absolute Gasteiger partial charge is 0.148 e. The number of hydrogen-bond acceptors (Lipinski definition) is 3. The van der Waals surface area contributed by atoms with Gasteiger partial charge in [0.1, 0.15) is 6.23 Å². The molecular formula is C10H22N2O. The van der Waals surface area contributed by atoms with E-state index in [1.807, 2.05) is 25.9 Å². The lowest BCUT2D eigenvalue weighted by atomic mass is 10.0. The molecule has 0 aliphatic carbocycles. The van der Waals surface area contributed by atoms with E-state index in [2.05, 4.69) is 25.5 Å². The van der Waals surface area contributed by atoms with Crippen LogP contribution in [-0.4, -0.2) is 25.4 Å². The minimum atomic E-state index is 0.0694. The van der Waals surface area contributed by atoms with Gasteiger partial charge in [-0.3, -0.25) is 0 Å². The van der Waals surface area contributed by atoms with Gasteiger partial charge in [0.15, 0.2) is 0 Å². The molecule has 0 radical (unpaired) electrons. The van der Waals surface area contributed by atoms with Crippen LogP contribution in [0.5, 0.6) is 0 Å². The number of ether oxygens (including phenoxy) is 1. The first kappa shape index (κ1) is 12.5. The van der Waals surface area contributed by atoms with Gasteiger partial charge in [-0.1, -0.05) is 27.7 Å². The maximum atomic E-state index is 5.23. The summed E-state index contributed by atoms with van der Waals surface area (Å²) in [5, 5.41) is 1.93. The van der Waals surface area contributed by atoms with E-state index in [1.165, 1.54) is 5.57 Å². The molecule has 0 spiro atoms. The van der Waals surface area contributed by atoms with E-state index in [0.29, 0.717) is 5.92 Å². The van der Waals surface area contributed by atoms with Gasteiger partial charge in [0.2, 0.25) is 0 Å². The van der Waals surface area contributed by atoms with Crippen LogP contribution in [0, 0.1) is 5.92 Å². The van der Waals surface area contributed by atoms with Crippen molar-refractivity contribution in [3.63, 3.8) is 0 Å². The topological polar surface area (TPSA) is 24.5 Å². The fourth-order valence-electron chi connectivity index (χ4n) is 1.23. The Morgan fingerprint density at radius 3 is 2.31 bits per heavy atom. The molecule has 1 atom stereocenters. The normalized spacial score (nSPS) is 21.3. The molecule has 1 aliphatic rings. The number of hydrogen-bond donors (Lipinski definition) is 1. The first-order valence-electron chi connectivity index (χ1n) is 4.88. The van der Waals surface area contributed by atoms with Gasteiger partial charge in [-0.15, -0.1) is 0 Å². The van der Waals surface area contributed by atoms with Crippen LogP contribution < -0.4 is 5.43 Å². The van der Waals surface area contributed by atoms with Gasteiger partial charge in [0.05, 0.1) is 0 Å². The fourth-order valence-corrected chi connectivity index (χ4v) is 1.23. The molecule has 3 heteroatoms. The fraction of sp³-hybridized carbons (Fsp3) is 0.800. The van der Waals surface area contributed by atoms with Gasteiger partial charge < -0.3 is 9.75 Å². The highest BCUT2D eigenvalue weighted by Crippen LogP contribution is 2.19. The maximum Gasteiger partial charge on any atom is 0.148 e. The third-order valence-electron chi connectivity index (χ3n) is 1.87. The Labute approximate surface area is 81.7 Å². The Morgan fingerprint density at radius 1 is 1.46 bits per heavy atom. The molecule has 0 saturated carbocycles. The van der Waals surface area contributed by atoms with Gasteiger partial charge in [-0.05, 0) is 11.5 Å². The molecular weight excluding hydrogens is 164 g/mol. The standard InChI is InChI=1S/C8H16N2O.C2H6/c1-6(2)7-5-10(3)9-8(7)11-4;1-2/h5-6,8-9H,1-4H3;1-2H3. The molecule has 1 heterocycles. The Kier molecular flexibility index (Phi) is 5.75. The van der Waals surface area contributed by atoms with Gasteiger partial charge in [-0.2, -0.15) is 0 Å². The van der Waals surface area contributed by atoms with E-state index < -0.39 is 0 Å². The molecule has 0 saturated heterocycles. The van der Waals surface area contributed by atoms with Crippen molar-refractivity contribution in [3.8, 4) is 0 Å². The Morgan fingerprint density at radius 2 is 2.00 bits per heavy atom. The monoisotopic (exact) mass is 186 g/mol. The molecule has 1 N–H and O–H groups in total. The van der Waals surface area contributed by atoms with E-state index in [-0.39, 0.29) is 6.23 Å². The van der Waals surface area contributed by atoms with Crippen molar-refractivity contribution in [2.45, 2.75) is 33.9 Å². The summed E-state index contributed by atoms with van der Waals surface area (Å²) < 4.78 is 5.23. The maximum absolute atomic E-state index is 5.23. The Balaban J connectivity index is 0.000000671. The summed E-state index contributed by atoms with van der Waals surface area (Å²) in [7, 11) is 3.69. The van der Waals surface area contributed by atoms with Crippen LogP contribution in [0.3, 0.4) is 0 Å². The second-order valence-electron chi connectivity index (χ2n) is 3.14. The van der Waals surface area contributed by atoms with Crippen LogP contribution in [0.4, 0.5) is 0 Å². The van der Waals surface area contributed by atoms with E-state index in [4.69, 9.17) is 4.74 Å². The zero-order valence-electron chi connectivity index (χ0n) is 9.59. The molecule has 0 aromatic carbocycles. The minimum absolute atomic E-state index is 0.0694. The molecule has 0 bridgehead atoms. The average Bonchev–Trinajstić information content (AvgIpc) is 2.50. The molecule has 1 aliphatic heterocycles. The zero-order valence-corrected chi connectivity index (χ0v) is 9.59. The molecule has 0 amide bonds. The van der Waals surface area contributed by atoms with E-state index in [9.17, 15) is 0 Å². The Bertz CT molecular complexity index is 166. The lowest BCUT2D eigenvalue weighted by Crippen LogP contribution is -2.35. The summed E-state index contributed by atoms with van der Waals surface area (Å²) >= 11 is 0. The lowest BCUT2D eigenvalue weighted by Gasteiger charge is -2.16. The molecule has 0 fully saturated rings. The third-order valence-corrected chi connectivity index (χ3v) is 1.87. The van der Waals surface area contributed by atoms with Crippen LogP contribution >= 0.6 is 0 Å². The summed E-state index contributed by atoms with van der Waals surface area (Å²) in [5.41, 5.74) is 4.45. The number of hydrazine groups is 1. The number of nitrogens with zero attached hydrogens (tertiary/aromatic N) is 1. The quantitative estimate of drug-likeness (QED) is 0.713. The third kappa shape index (κ3) is 3.36. The van der Waals surface area contributed by atoms with Crippen molar-refractivity contribution in [1.82, 2.24) is 10.4 Å². The predicted octanol–water partition coefficient (Wildman–Crippen LogP) is 1.98. The molecule has 0 aromatic heterocycles. The first-order valence-corrected chi connectivity index (χ1v) is 4.88. The second kappa shape index (κ2) is 6.00. The molecule has 1 rings (SSSR count). The van der Waals surface area contributed by atoms with Crippen molar-refractivity contribution in [1.29, 1.82) is 0 Å². The first-order chi connectivity index (χ1) is 6.15. The zero-order chi connectivity index (χ0) is 10.4. The van der Waals surface area contributed by atoms with Gasteiger partial charge in [-0.25, -0.2) is 5.43 Å². The summed E-state index contributed by atoms with van der Waals surface area (Å²) in [5.74, 6) is 0.539. The molecule has 78 valence electrons. The SMILES string of the molecule is CC.COC1NN(C)C=C1C(C)C. The number of nitrogens with one attached hydrogen (secondary N) is 1. The molecule has 13 heavy (non-hydrogen) atoms. The highest BCUT2D eigenvalue weighted by Gasteiger charge is 2.22. The summed E-state index contributed by atoms with van der Waals surface area (Å²) in [4.78, 5) is 0. The summed E-state index contributed by atoms with van der Waals surface area (Å²) in [6, 6.07) is 0. The van der Waals surface area contributed by atoms with Crippen molar-refractivity contribution < 1.29 is 4.74 Å². The van der Waals surface area contributed by atoms with Crippen LogP contribution in [0.2, 0.25) is 0 Å². The molecule has 0 aromatic rings. The summed E-state index contributed by atoms with van der Waals surface area (Å²) in [6.45, 7) is 8.33. The highest BCUT2D eigenvalue weighted by molar-refractivity contribution is 5.13. The molecule has 3 nitrogen and oxygen atoms in total.